The van der Waals surface area contributed by atoms with Gasteiger partial charge in [0, 0.05) is 18.2 Å². The highest BCUT2D eigenvalue weighted by Gasteiger charge is 2.34. The van der Waals surface area contributed by atoms with Crippen LogP contribution >= 0.6 is 0 Å². The molecule has 1 fully saturated rings. The number of aromatic nitrogens is 2. The van der Waals surface area contributed by atoms with Crippen molar-refractivity contribution in [3.63, 3.8) is 0 Å². The van der Waals surface area contributed by atoms with E-state index in [-0.39, 0.29) is 23.8 Å². The Balaban J connectivity index is 1.40. The normalized spacial score (nSPS) is 19.1. The smallest absolute Gasteiger partial charge is 0.230 e. The van der Waals surface area contributed by atoms with Gasteiger partial charge in [-0.25, -0.2) is 4.98 Å². The number of nitrogens with zero attached hydrogens (tertiary/aromatic N) is 2. The van der Waals surface area contributed by atoms with Crippen molar-refractivity contribution in [1.29, 1.82) is 0 Å². The molecule has 0 aliphatic heterocycles. The first-order valence-corrected chi connectivity index (χ1v) is 8.69. The SMILES string of the molecule is NC(=O)[C@H]1C[C@@H](n2cnc(NC(=O)Cc3cccc4ccccc34)c2)C1. The van der Waals surface area contributed by atoms with E-state index in [9.17, 15) is 9.59 Å². The Bertz CT molecular complexity index is 967. The Hall–Kier alpha value is -3.15. The van der Waals surface area contributed by atoms with E-state index in [0.717, 1.165) is 29.2 Å². The zero-order chi connectivity index (χ0) is 18.1. The van der Waals surface area contributed by atoms with Crippen LogP contribution < -0.4 is 11.1 Å². The molecule has 26 heavy (non-hydrogen) atoms. The average molecular weight is 348 g/mol. The van der Waals surface area contributed by atoms with Crippen LogP contribution in [0.2, 0.25) is 0 Å². The Morgan fingerprint density at radius 2 is 1.92 bits per heavy atom. The quantitative estimate of drug-likeness (QED) is 0.743. The third-order valence-corrected chi connectivity index (χ3v) is 5.04. The maximum atomic E-state index is 12.4. The minimum Gasteiger partial charge on any atom is -0.369 e. The highest BCUT2D eigenvalue weighted by atomic mass is 16.2. The number of benzene rings is 2. The van der Waals surface area contributed by atoms with Gasteiger partial charge in [-0.1, -0.05) is 42.5 Å². The van der Waals surface area contributed by atoms with Gasteiger partial charge in [-0.2, -0.15) is 0 Å². The monoisotopic (exact) mass is 348 g/mol. The molecule has 6 nitrogen and oxygen atoms in total. The van der Waals surface area contributed by atoms with Crippen molar-refractivity contribution in [3.05, 3.63) is 60.6 Å². The van der Waals surface area contributed by atoms with Crippen LogP contribution in [0.5, 0.6) is 0 Å². The number of carbonyl (C=O) groups excluding carboxylic acids is 2. The number of hydrogen-bond acceptors (Lipinski definition) is 3. The molecule has 0 bridgehead atoms. The molecule has 6 heteroatoms. The summed E-state index contributed by atoms with van der Waals surface area (Å²) in [5.74, 6) is 0.129. The largest absolute Gasteiger partial charge is 0.369 e. The molecule has 1 saturated carbocycles. The molecule has 2 aromatic carbocycles. The predicted molar refractivity (Wildman–Crippen MR) is 99.5 cm³/mol. The topological polar surface area (TPSA) is 90.0 Å². The summed E-state index contributed by atoms with van der Waals surface area (Å²) in [4.78, 5) is 27.8. The van der Waals surface area contributed by atoms with E-state index in [1.54, 1.807) is 6.33 Å². The zero-order valence-electron chi connectivity index (χ0n) is 14.3. The van der Waals surface area contributed by atoms with Gasteiger partial charge in [-0.05, 0) is 29.2 Å². The zero-order valence-corrected chi connectivity index (χ0v) is 14.3. The van der Waals surface area contributed by atoms with Gasteiger partial charge in [0.05, 0.1) is 12.7 Å². The second-order valence-electron chi connectivity index (χ2n) is 6.79. The first kappa shape index (κ1) is 16.3. The Kier molecular flexibility index (Phi) is 4.16. The molecule has 3 N–H and O–H groups in total. The van der Waals surface area contributed by atoms with Crippen LogP contribution in [0.3, 0.4) is 0 Å². The molecule has 3 aromatic rings. The number of nitrogens with one attached hydrogen (secondary N) is 1. The van der Waals surface area contributed by atoms with Crippen molar-refractivity contribution in [2.75, 3.05) is 5.32 Å². The molecule has 0 saturated heterocycles. The number of amides is 2. The minimum atomic E-state index is -0.245. The first-order chi connectivity index (χ1) is 12.6. The van der Waals surface area contributed by atoms with Gasteiger partial charge in [-0.3, -0.25) is 9.59 Å². The standard InChI is InChI=1S/C20H20N4O2/c21-20(26)15-8-16(9-15)24-11-18(22-12-24)23-19(25)10-14-6-3-5-13-4-1-2-7-17(13)14/h1-7,11-12,15-16H,8-10H2,(H2,21,26)(H,23,25)/t15-,16+. The molecule has 1 aliphatic rings. The van der Waals surface area contributed by atoms with Crippen molar-refractivity contribution in [2.24, 2.45) is 11.7 Å². The van der Waals surface area contributed by atoms with E-state index < -0.39 is 0 Å². The summed E-state index contributed by atoms with van der Waals surface area (Å²) < 4.78 is 1.94. The summed E-state index contributed by atoms with van der Waals surface area (Å²) in [5, 5.41) is 5.06. The molecule has 1 aromatic heterocycles. The number of rotatable bonds is 5. The molecule has 1 aliphatic carbocycles. The number of imidazole rings is 1. The van der Waals surface area contributed by atoms with Crippen LogP contribution in [0.1, 0.15) is 24.4 Å². The molecular formula is C20H20N4O2. The lowest BCUT2D eigenvalue weighted by Gasteiger charge is -2.33. The van der Waals surface area contributed by atoms with Crippen LogP contribution in [-0.4, -0.2) is 21.4 Å². The minimum absolute atomic E-state index is 0.0493. The number of hydrogen-bond donors (Lipinski definition) is 2. The molecule has 132 valence electrons. The summed E-state index contributed by atoms with van der Waals surface area (Å²) in [6, 6.07) is 14.2. The van der Waals surface area contributed by atoms with Crippen LogP contribution in [0.15, 0.2) is 55.0 Å². The van der Waals surface area contributed by atoms with Gasteiger partial charge in [0.25, 0.3) is 0 Å². The molecule has 0 radical (unpaired) electrons. The number of carbonyl (C=O) groups is 2. The van der Waals surface area contributed by atoms with Gasteiger partial charge in [0.1, 0.15) is 0 Å². The van der Waals surface area contributed by atoms with E-state index >= 15 is 0 Å². The number of primary amides is 1. The lowest BCUT2D eigenvalue weighted by atomic mass is 9.80. The van der Waals surface area contributed by atoms with E-state index in [0.29, 0.717) is 12.2 Å². The summed E-state index contributed by atoms with van der Waals surface area (Å²) in [6.45, 7) is 0. The van der Waals surface area contributed by atoms with Crippen LogP contribution in [-0.2, 0) is 16.0 Å². The summed E-state index contributed by atoms with van der Waals surface area (Å²) in [6.07, 6.45) is 5.25. The summed E-state index contributed by atoms with van der Waals surface area (Å²) in [7, 11) is 0. The van der Waals surface area contributed by atoms with Gasteiger partial charge < -0.3 is 15.6 Å². The van der Waals surface area contributed by atoms with E-state index in [4.69, 9.17) is 5.73 Å². The first-order valence-electron chi connectivity index (χ1n) is 8.69. The average Bonchev–Trinajstić information content (AvgIpc) is 3.01. The fourth-order valence-corrected chi connectivity index (χ4v) is 3.47. The Labute approximate surface area is 151 Å². The second-order valence-corrected chi connectivity index (χ2v) is 6.79. The van der Waals surface area contributed by atoms with Crippen molar-refractivity contribution in [3.8, 4) is 0 Å². The fraction of sp³-hybridized carbons (Fsp3) is 0.250. The van der Waals surface area contributed by atoms with Crippen molar-refractivity contribution >= 4 is 28.4 Å². The number of fused-ring (bicyclic) bond motifs is 1. The van der Waals surface area contributed by atoms with Crippen LogP contribution in [0.4, 0.5) is 5.82 Å². The van der Waals surface area contributed by atoms with Gasteiger partial charge in [0.15, 0.2) is 5.82 Å². The molecule has 4 rings (SSSR count). The molecule has 0 unspecified atom stereocenters. The number of anilines is 1. The highest BCUT2D eigenvalue weighted by Crippen LogP contribution is 2.37. The van der Waals surface area contributed by atoms with Gasteiger partial charge >= 0.3 is 0 Å². The van der Waals surface area contributed by atoms with E-state index in [1.165, 1.54) is 0 Å². The molecule has 2 amide bonds. The van der Waals surface area contributed by atoms with Crippen LogP contribution in [0, 0.1) is 5.92 Å². The summed E-state index contributed by atoms with van der Waals surface area (Å²) >= 11 is 0. The van der Waals surface area contributed by atoms with Crippen molar-refractivity contribution < 1.29 is 9.59 Å². The molecular weight excluding hydrogens is 328 g/mol. The molecule has 1 heterocycles. The van der Waals surface area contributed by atoms with Crippen molar-refractivity contribution in [2.45, 2.75) is 25.3 Å². The third-order valence-electron chi connectivity index (χ3n) is 5.04. The molecule has 0 atom stereocenters. The Morgan fingerprint density at radius 1 is 1.15 bits per heavy atom. The van der Waals surface area contributed by atoms with E-state index in [1.807, 2.05) is 53.2 Å². The highest BCUT2D eigenvalue weighted by molar-refractivity contribution is 5.95. The molecule has 0 spiro atoms. The lowest BCUT2D eigenvalue weighted by molar-refractivity contribution is -0.125. The third kappa shape index (κ3) is 3.18. The van der Waals surface area contributed by atoms with Crippen molar-refractivity contribution in [1.82, 2.24) is 9.55 Å². The Morgan fingerprint density at radius 3 is 2.73 bits per heavy atom. The van der Waals surface area contributed by atoms with Gasteiger partial charge in [0.2, 0.25) is 11.8 Å². The maximum Gasteiger partial charge on any atom is 0.230 e. The van der Waals surface area contributed by atoms with Gasteiger partial charge in [-0.15, -0.1) is 0 Å². The maximum absolute atomic E-state index is 12.4. The second kappa shape index (κ2) is 6.63. The lowest BCUT2D eigenvalue weighted by Crippen LogP contribution is -2.36. The summed E-state index contributed by atoms with van der Waals surface area (Å²) in [5.41, 5.74) is 6.29. The predicted octanol–water partition coefficient (Wildman–Crippen LogP) is 2.65. The van der Waals surface area contributed by atoms with Crippen LogP contribution in [0.25, 0.3) is 10.8 Å². The fourth-order valence-electron chi connectivity index (χ4n) is 3.47. The van der Waals surface area contributed by atoms with E-state index in [2.05, 4.69) is 10.3 Å². The number of nitrogens with two attached hydrogens (primary N) is 1.